The van der Waals surface area contributed by atoms with Gasteiger partial charge in [0.05, 0.1) is 0 Å². The molecule has 0 aromatic heterocycles. The topological polar surface area (TPSA) is 113 Å². The quantitative estimate of drug-likeness (QED) is 0.262. The van der Waals surface area contributed by atoms with Crippen LogP contribution in [0.4, 0.5) is 0 Å². The van der Waals surface area contributed by atoms with Gasteiger partial charge in [0.2, 0.25) is 0 Å². The number of carboxylic acids is 1. The Morgan fingerprint density at radius 2 is 1.71 bits per heavy atom. The van der Waals surface area contributed by atoms with Crippen molar-refractivity contribution in [1.82, 2.24) is 0 Å². The molecule has 0 spiro atoms. The van der Waals surface area contributed by atoms with E-state index < -0.39 is 11.2 Å². The number of hydrogen-bond acceptors (Lipinski definition) is 3. The second-order valence-corrected chi connectivity index (χ2v) is 3.50. The number of hydrogen-bond donors (Lipinski definition) is 4. The smallest absolute Gasteiger partial charge is 1.00 e. The Balaban J connectivity index is -0.000000289. The number of allylic oxidation sites excluding steroid dienone is 4. The number of carbonyl (C=O) groups is 1. The van der Waals surface area contributed by atoms with E-state index in [2.05, 4.69) is 11.5 Å². The van der Waals surface area contributed by atoms with Crippen molar-refractivity contribution in [2.45, 2.75) is 5.25 Å². The molecule has 0 amide bonds. The standard InChI is InChI=1S/C8H8O2S.CH5N3.ClH.Cs/c9-8(10)7-5-3-1-2-4-6-11-7;2-1(3)4;;/h1-7H,(H,9,10);(H5,2,3,4);1H;/q;;;+1/p-1. The van der Waals surface area contributed by atoms with Crippen LogP contribution >= 0.6 is 11.8 Å². The summed E-state index contributed by atoms with van der Waals surface area (Å²) in [5, 5.41) is 16.0. The van der Waals surface area contributed by atoms with Gasteiger partial charge in [0, 0.05) is 0 Å². The van der Waals surface area contributed by atoms with Crippen LogP contribution in [-0.4, -0.2) is 22.3 Å². The van der Waals surface area contributed by atoms with E-state index in [1.165, 1.54) is 11.8 Å². The van der Waals surface area contributed by atoms with Gasteiger partial charge in [-0.2, -0.15) is 0 Å². The van der Waals surface area contributed by atoms with Gasteiger partial charge in [0.1, 0.15) is 5.25 Å². The fourth-order valence-corrected chi connectivity index (χ4v) is 1.30. The molecule has 1 rings (SSSR count). The second kappa shape index (κ2) is 14.7. The molecule has 1 aliphatic rings. The van der Waals surface area contributed by atoms with Gasteiger partial charge in [-0.15, -0.1) is 11.8 Å². The van der Waals surface area contributed by atoms with Gasteiger partial charge in [-0.1, -0.05) is 30.4 Å². The van der Waals surface area contributed by atoms with Crippen molar-refractivity contribution in [2.75, 3.05) is 0 Å². The van der Waals surface area contributed by atoms with Gasteiger partial charge in [0.25, 0.3) is 0 Å². The van der Waals surface area contributed by atoms with Gasteiger partial charge in [-0.25, -0.2) is 0 Å². The number of guanidine groups is 1. The average molecular weight is 396 g/mol. The van der Waals surface area contributed by atoms with E-state index in [9.17, 15) is 4.79 Å². The van der Waals surface area contributed by atoms with Gasteiger partial charge in [-0.05, 0) is 5.41 Å². The molecule has 0 aliphatic carbocycles. The number of nitrogens with two attached hydrogens (primary N) is 2. The Morgan fingerprint density at radius 3 is 2.18 bits per heavy atom. The summed E-state index contributed by atoms with van der Waals surface area (Å²) in [6, 6.07) is 0. The average Bonchev–Trinajstić information content (AvgIpc) is 2.00. The molecule has 6 N–H and O–H groups in total. The predicted octanol–water partition coefficient (Wildman–Crippen LogP) is -5.34. The molecule has 0 fully saturated rings. The van der Waals surface area contributed by atoms with Crippen molar-refractivity contribution >= 4 is 23.7 Å². The van der Waals surface area contributed by atoms with Crippen LogP contribution in [0.3, 0.4) is 0 Å². The van der Waals surface area contributed by atoms with E-state index in [1.807, 2.05) is 18.2 Å². The van der Waals surface area contributed by atoms with Crippen molar-refractivity contribution in [2.24, 2.45) is 11.5 Å². The molecule has 1 aliphatic heterocycles. The maximum atomic E-state index is 10.5. The van der Waals surface area contributed by atoms with Crippen LogP contribution in [0.5, 0.6) is 0 Å². The van der Waals surface area contributed by atoms with Crippen LogP contribution in [0.15, 0.2) is 35.8 Å². The minimum atomic E-state index is -0.800. The first kappa shape index (κ1) is 22.8. The molecule has 1 atom stereocenters. The third-order valence-electron chi connectivity index (χ3n) is 1.17. The number of aliphatic carboxylic acids is 1. The first-order valence-electron chi connectivity index (χ1n) is 4.02. The third kappa shape index (κ3) is 16.7. The van der Waals surface area contributed by atoms with Crippen LogP contribution in [-0.2, 0) is 4.79 Å². The summed E-state index contributed by atoms with van der Waals surface area (Å²) in [5.41, 5.74) is 8.94. The molecule has 1 unspecified atom stereocenters. The van der Waals surface area contributed by atoms with Crippen molar-refractivity contribution in [3.8, 4) is 0 Å². The van der Waals surface area contributed by atoms with Crippen molar-refractivity contribution in [3.63, 3.8) is 0 Å². The number of halogens is 1. The zero-order chi connectivity index (χ0) is 11.7. The molecular formula is C9H13ClCsN3O2S. The Labute approximate surface area is 169 Å². The molecule has 0 saturated carbocycles. The molecule has 1 heterocycles. The number of rotatable bonds is 1. The van der Waals surface area contributed by atoms with Gasteiger partial charge < -0.3 is 29.0 Å². The fraction of sp³-hybridized carbons (Fsp3) is 0.111. The summed E-state index contributed by atoms with van der Waals surface area (Å²) in [6.07, 6.45) is 8.90. The summed E-state index contributed by atoms with van der Waals surface area (Å²) >= 11 is 1.29. The van der Waals surface area contributed by atoms with E-state index in [1.54, 1.807) is 17.6 Å². The maximum absolute atomic E-state index is 10.5. The van der Waals surface area contributed by atoms with Crippen LogP contribution in [0.2, 0.25) is 0 Å². The Kier molecular flexibility index (Phi) is 19.7. The van der Waals surface area contributed by atoms with Gasteiger partial charge in [-0.3, -0.25) is 10.2 Å². The molecule has 0 aromatic rings. The Morgan fingerprint density at radius 1 is 1.24 bits per heavy atom. The van der Waals surface area contributed by atoms with E-state index in [0.29, 0.717) is 0 Å². The molecule has 5 nitrogen and oxygen atoms in total. The molecule has 17 heavy (non-hydrogen) atoms. The Hall–Kier alpha value is 0.652. The number of thioether (sulfide) groups is 1. The fourth-order valence-electron chi connectivity index (χ4n) is 0.655. The first-order chi connectivity index (χ1) is 7.04. The largest absolute Gasteiger partial charge is 1.00 e. The summed E-state index contributed by atoms with van der Waals surface area (Å²) in [4.78, 5) is 10.5. The van der Waals surface area contributed by atoms with Crippen LogP contribution < -0.4 is 92.8 Å². The van der Waals surface area contributed by atoms with Crippen molar-refractivity contribution in [3.05, 3.63) is 35.8 Å². The van der Waals surface area contributed by atoms with E-state index in [0.717, 1.165) is 0 Å². The molecule has 8 heteroatoms. The summed E-state index contributed by atoms with van der Waals surface area (Å²) < 4.78 is 0. The van der Waals surface area contributed by atoms with Crippen LogP contribution in [0.1, 0.15) is 0 Å². The zero-order valence-electron chi connectivity index (χ0n) is 9.34. The summed E-state index contributed by atoms with van der Waals surface area (Å²) in [6.45, 7) is 0. The van der Waals surface area contributed by atoms with Crippen LogP contribution in [0, 0.1) is 5.41 Å². The zero-order valence-corrected chi connectivity index (χ0v) is 17.2. The second-order valence-electron chi connectivity index (χ2n) is 2.45. The normalized spacial score (nSPS) is 16.1. The molecule has 90 valence electrons. The van der Waals surface area contributed by atoms with E-state index >= 15 is 0 Å². The number of carboxylic acid groups (broad SMARTS) is 1. The third-order valence-corrected chi connectivity index (χ3v) is 2.13. The number of nitrogens with one attached hydrogen (secondary N) is 1. The van der Waals surface area contributed by atoms with Gasteiger partial charge >= 0.3 is 74.9 Å². The molecule has 0 aromatic carbocycles. The SMILES string of the molecule is N=C(N)N.O=C(O)C1C=CC=CC=CS1.[Cl-].[Cs+]. The Bertz CT molecular complexity index is 317. The van der Waals surface area contributed by atoms with Crippen LogP contribution in [0.25, 0.3) is 0 Å². The maximum Gasteiger partial charge on any atom is 1.00 e. The molecular weight excluding hydrogens is 383 g/mol. The summed E-state index contributed by atoms with van der Waals surface area (Å²) in [7, 11) is 0. The van der Waals surface area contributed by atoms with Crippen molar-refractivity contribution in [1.29, 1.82) is 5.41 Å². The van der Waals surface area contributed by atoms with E-state index in [4.69, 9.17) is 10.5 Å². The molecule has 0 radical (unpaired) electrons. The van der Waals surface area contributed by atoms with Crippen molar-refractivity contribution < 1.29 is 91.2 Å². The predicted molar refractivity (Wildman–Crippen MR) is 62.5 cm³/mol. The minimum absolute atomic E-state index is 0. The van der Waals surface area contributed by atoms with E-state index in [-0.39, 0.29) is 87.3 Å². The monoisotopic (exact) mass is 395 g/mol. The molecule has 0 bridgehead atoms. The summed E-state index contributed by atoms with van der Waals surface area (Å²) in [5.74, 6) is -1.13. The van der Waals surface area contributed by atoms with Gasteiger partial charge in [0.15, 0.2) is 5.96 Å². The molecule has 0 saturated heterocycles. The minimum Gasteiger partial charge on any atom is -1.00 e. The first-order valence-corrected chi connectivity index (χ1v) is 4.96.